The number of fused-ring (bicyclic) bond motifs is 1. The zero-order chi connectivity index (χ0) is 16.8. The van der Waals surface area contributed by atoms with Crippen molar-refractivity contribution >= 4 is 17.4 Å². The van der Waals surface area contributed by atoms with Gasteiger partial charge in [0, 0.05) is 18.3 Å². The Morgan fingerprint density at radius 2 is 1.91 bits per heavy atom. The number of carbonyl (C=O) groups excluding carboxylic acids is 1. The minimum atomic E-state index is -4.38. The predicted molar refractivity (Wildman–Crippen MR) is 78.1 cm³/mol. The van der Waals surface area contributed by atoms with Crippen LogP contribution in [0.25, 0.3) is 0 Å². The Hall–Kier alpha value is -2.51. The molecule has 0 aliphatic carbocycles. The monoisotopic (exact) mass is 324 g/mol. The minimum Gasteiger partial charge on any atom is -0.369 e. The van der Waals surface area contributed by atoms with Crippen molar-refractivity contribution in [3.63, 3.8) is 0 Å². The van der Waals surface area contributed by atoms with Crippen molar-refractivity contribution in [1.82, 2.24) is 9.78 Å². The number of aryl methyl sites for hydroxylation is 1. The lowest BCUT2D eigenvalue weighted by Gasteiger charge is -2.33. The molecule has 2 aromatic rings. The first-order valence-electron chi connectivity index (χ1n) is 7.04. The van der Waals surface area contributed by atoms with E-state index >= 15 is 0 Å². The molecule has 0 fully saturated rings. The Labute approximate surface area is 130 Å². The maximum Gasteiger partial charge on any atom is 0.416 e. The number of alkyl halides is 3. The fraction of sp³-hybridized carbons (Fsp3) is 0.333. The van der Waals surface area contributed by atoms with Crippen molar-refractivity contribution in [2.75, 3.05) is 11.4 Å². The number of nitrogens with two attached hydrogens (primary N) is 1. The molecule has 0 spiro atoms. The van der Waals surface area contributed by atoms with Crippen molar-refractivity contribution in [3.8, 4) is 0 Å². The summed E-state index contributed by atoms with van der Waals surface area (Å²) in [5.74, 6) is -0.176. The molecule has 2 heterocycles. The molecule has 1 atom stereocenters. The van der Waals surface area contributed by atoms with Crippen molar-refractivity contribution < 1.29 is 18.0 Å². The first-order valence-corrected chi connectivity index (χ1v) is 7.04. The third kappa shape index (κ3) is 2.88. The minimum absolute atomic E-state index is 0.311. The SMILES string of the molecule is Cc1cc2n(n1)CC(C(N)=O)CN2c1ccc(C(F)(F)F)cc1. The van der Waals surface area contributed by atoms with E-state index in [9.17, 15) is 18.0 Å². The molecule has 1 amide bonds. The summed E-state index contributed by atoms with van der Waals surface area (Å²) in [6.45, 7) is 2.50. The number of halogens is 3. The molecule has 0 saturated carbocycles. The van der Waals surface area contributed by atoms with Gasteiger partial charge in [0.15, 0.2) is 0 Å². The zero-order valence-corrected chi connectivity index (χ0v) is 12.3. The van der Waals surface area contributed by atoms with Crippen LogP contribution in [0, 0.1) is 12.8 Å². The molecule has 1 aromatic heterocycles. The van der Waals surface area contributed by atoms with Crippen LogP contribution >= 0.6 is 0 Å². The predicted octanol–water partition coefficient (Wildman–Crippen LogP) is 2.46. The fourth-order valence-electron chi connectivity index (χ4n) is 2.71. The molecule has 3 rings (SSSR count). The summed E-state index contributed by atoms with van der Waals surface area (Å²) < 4.78 is 39.7. The average Bonchev–Trinajstić information content (AvgIpc) is 2.85. The van der Waals surface area contributed by atoms with E-state index in [-0.39, 0.29) is 0 Å². The summed E-state index contributed by atoms with van der Waals surface area (Å²) in [6, 6.07) is 6.65. The molecule has 1 aliphatic rings. The van der Waals surface area contributed by atoms with Gasteiger partial charge in [-0.1, -0.05) is 0 Å². The number of carbonyl (C=O) groups is 1. The van der Waals surface area contributed by atoms with Gasteiger partial charge in [-0.15, -0.1) is 0 Å². The lowest BCUT2D eigenvalue weighted by Crippen LogP contribution is -2.41. The van der Waals surface area contributed by atoms with Gasteiger partial charge in [-0.25, -0.2) is 4.68 Å². The highest BCUT2D eigenvalue weighted by Gasteiger charge is 2.32. The normalized spacial score (nSPS) is 17.9. The first-order chi connectivity index (χ1) is 10.8. The van der Waals surface area contributed by atoms with Gasteiger partial charge >= 0.3 is 6.18 Å². The second-order valence-electron chi connectivity index (χ2n) is 5.58. The topological polar surface area (TPSA) is 64.2 Å². The molecule has 23 heavy (non-hydrogen) atoms. The van der Waals surface area contributed by atoms with Gasteiger partial charge in [0.05, 0.1) is 23.7 Å². The first kappa shape index (κ1) is 15.4. The Balaban J connectivity index is 1.99. The molecule has 0 radical (unpaired) electrons. The number of primary amides is 1. The maximum atomic E-state index is 12.7. The van der Waals surface area contributed by atoms with Gasteiger partial charge in [-0.3, -0.25) is 4.79 Å². The number of aromatic nitrogens is 2. The zero-order valence-electron chi connectivity index (χ0n) is 12.3. The van der Waals surface area contributed by atoms with Gasteiger partial charge in [-0.2, -0.15) is 18.3 Å². The quantitative estimate of drug-likeness (QED) is 0.923. The number of rotatable bonds is 2. The summed E-state index contributed by atoms with van der Waals surface area (Å²) in [4.78, 5) is 13.3. The van der Waals surface area contributed by atoms with E-state index in [1.54, 1.807) is 9.58 Å². The van der Waals surface area contributed by atoms with Gasteiger partial charge in [0.2, 0.25) is 5.91 Å². The second kappa shape index (κ2) is 5.29. The van der Waals surface area contributed by atoms with Gasteiger partial charge in [0.25, 0.3) is 0 Å². The summed E-state index contributed by atoms with van der Waals surface area (Å²) in [5.41, 5.74) is 6.01. The summed E-state index contributed by atoms with van der Waals surface area (Å²) in [7, 11) is 0. The van der Waals surface area contributed by atoms with Crippen LogP contribution in [0.1, 0.15) is 11.3 Å². The van der Waals surface area contributed by atoms with Crippen molar-refractivity contribution in [2.24, 2.45) is 11.7 Å². The third-order valence-electron chi connectivity index (χ3n) is 3.86. The number of hydrogen-bond acceptors (Lipinski definition) is 3. The number of anilines is 2. The van der Waals surface area contributed by atoms with Gasteiger partial charge < -0.3 is 10.6 Å². The highest BCUT2D eigenvalue weighted by molar-refractivity contribution is 5.79. The highest BCUT2D eigenvalue weighted by atomic mass is 19.4. The van der Waals surface area contributed by atoms with Crippen molar-refractivity contribution in [2.45, 2.75) is 19.6 Å². The molecule has 1 aliphatic heterocycles. The van der Waals surface area contributed by atoms with E-state index in [0.717, 1.165) is 23.6 Å². The van der Waals surface area contributed by atoms with Crippen LogP contribution in [0.3, 0.4) is 0 Å². The molecule has 1 unspecified atom stereocenters. The molecule has 0 bridgehead atoms. The lowest BCUT2D eigenvalue weighted by atomic mass is 10.1. The van der Waals surface area contributed by atoms with Gasteiger partial charge in [0.1, 0.15) is 5.82 Å². The maximum absolute atomic E-state index is 12.7. The van der Waals surface area contributed by atoms with E-state index in [1.165, 1.54) is 12.1 Å². The molecule has 2 N–H and O–H groups in total. The van der Waals surface area contributed by atoms with Crippen LogP contribution in [0.2, 0.25) is 0 Å². The smallest absolute Gasteiger partial charge is 0.369 e. The summed E-state index contributed by atoms with van der Waals surface area (Å²) in [6.07, 6.45) is -4.38. The van der Waals surface area contributed by atoms with E-state index < -0.39 is 23.6 Å². The van der Waals surface area contributed by atoms with Crippen LogP contribution in [-0.2, 0) is 17.5 Å². The van der Waals surface area contributed by atoms with Gasteiger partial charge in [-0.05, 0) is 31.2 Å². The lowest BCUT2D eigenvalue weighted by molar-refractivity contribution is -0.137. The molecular weight excluding hydrogens is 309 g/mol. The molecule has 8 heteroatoms. The standard InChI is InChI=1S/C15H15F3N4O/c1-9-6-13-21(7-10(14(19)23)8-22(13)20-9)12-4-2-11(3-5-12)15(16,17)18/h2-6,10H,7-8H2,1H3,(H2,19,23). The second-order valence-corrected chi connectivity index (χ2v) is 5.58. The van der Waals surface area contributed by atoms with Crippen LogP contribution in [0.5, 0.6) is 0 Å². The van der Waals surface area contributed by atoms with Crippen LogP contribution in [0.15, 0.2) is 30.3 Å². The van der Waals surface area contributed by atoms with E-state index in [4.69, 9.17) is 5.73 Å². The Morgan fingerprint density at radius 3 is 2.48 bits per heavy atom. The largest absolute Gasteiger partial charge is 0.416 e. The Kier molecular flexibility index (Phi) is 3.54. The van der Waals surface area contributed by atoms with Crippen LogP contribution in [0.4, 0.5) is 24.7 Å². The van der Waals surface area contributed by atoms with Crippen LogP contribution < -0.4 is 10.6 Å². The summed E-state index contributed by atoms with van der Waals surface area (Å²) in [5, 5.41) is 4.30. The van der Waals surface area contributed by atoms with Crippen LogP contribution in [-0.4, -0.2) is 22.2 Å². The average molecular weight is 324 g/mol. The summed E-state index contributed by atoms with van der Waals surface area (Å²) >= 11 is 0. The van der Waals surface area contributed by atoms with Crippen molar-refractivity contribution in [1.29, 1.82) is 0 Å². The van der Waals surface area contributed by atoms with E-state index in [0.29, 0.717) is 18.8 Å². The number of hydrogen-bond donors (Lipinski definition) is 1. The number of nitrogens with zero attached hydrogens (tertiary/aromatic N) is 3. The number of amides is 1. The van der Waals surface area contributed by atoms with Crippen molar-refractivity contribution in [3.05, 3.63) is 41.6 Å². The van der Waals surface area contributed by atoms with E-state index in [1.807, 2.05) is 13.0 Å². The molecule has 5 nitrogen and oxygen atoms in total. The molecule has 1 aromatic carbocycles. The molecule has 122 valence electrons. The highest BCUT2D eigenvalue weighted by Crippen LogP contribution is 2.34. The Bertz CT molecular complexity index is 736. The Morgan fingerprint density at radius 1 is 1.26 bits per heavy atom. The molecular formula is C15H15F3N4O. The fourth-order valence-corrected chi connectivity index (χ4v) is 2.71. The number of benzene rings is 1. The molecule has 0 saturated heterocycles. The van der Waals surface area contributed by atoms with E-state index in [2.05, 4.69) is 5.10 Å². The third-order valence-corrected chi connectivity index (χ3v) is 3.86.